The molecule has 6 heteroatoms. The SMILES string of the molecule is [2H]c1sc(C(=O)OC([2H])([2H])[2H])c([2H])c1B1OC(C)(C)C(C)(C)O1. The maximum atomic E-state index is 11.9. The summed E-state index contributed by atoms with van der Waals surface area (Å²) in [6, 6.07) is -0.298. The van der Waals surface area contributed by atoms with Crippen LogP contribution in [0.4, 0.5) is 0 Å². The summed E-state index contributed by atoms with van der Waals surface area (Å²) >= 11 is 0.672. The van der Waals surface area contributed by atoms with E-state index in [0.717, 1.165) is 0 Å². The second-order valence-electron chi connectivity index (χ2n) is 5.05. The van der Waals surface area contributed by atoms with Gasteiger partial charge in [-0.25, -0.2) is 4.79 Å². The van der Waals surface area contributed by atoms with E-state index in [1.54, 1.807) is 0 Å². The van der Waals surface area contributed by atoms with Gasteiger partial charge in [0.1, 0.15) is 4.88 Å². The summed E-state index contributed by atoms with van der Waals surface area (Å²) in [4.78, 5) is 11.6. The van der Waals surface area contributed by atoms with Crippen LogP contribution in [0, 0.1) is 0 Å². The Morgan fingerprint density at radius 2 is 2.06 bits per heavy atom. The molecule has 0 amide bonds. The Kier molecular flexibility index (Phi) is 2.03. The van der Waals surface area contributed by atoms with E-state index in [-0.39, 0.29) is 21.7 Å². The van der Waals surface area contributed by atoms with Gasteiger partial charge in [0.05, 0.1) is 25.1 Å². The smallest absolute Gasteiger partial charge is 0.465 e. The van der Waals surface area contributed by atoms with Crippen molar-refractivity contribution >= 4 is 29.9 Å². The lowest BCUT2D eigenvalue weighted by Crippen LogP contribution is -2.41. The average Bonchev–Trinajstić information content (AvgIpc) is 2.71. The predicted molar refractivity (Wildman–Crippen MR) is 71.4 cm³/mol. The Morgan fingerprint density at radius 3 is 2.61 bits per heavy atom. The zero-order valence-corrected chi connectivity index (χ0v) is 11.4. The van der Waals surface area contributed by atoms with Crippen LogP contribution < -0.4 is 5.46 Å². The van der Waals surface area contributed by atoms with Gasteiger partial charge >= 0.3 is 13.1 Å². The topological polar surface area (TPSA) is 44.8 Å². The Hall–Kier alpha value is -0.845. The fraction of sp³-hybridized carbons (Fsp3) is 0.583. The van der Waals surface area contributed by atoms with Crippen LogP contribution in [0.5, 0.6) is 0 Å². The van der Waals surface area contributed by atoms with Crippen LogP contribution in [0.2, 0.25) is 0 Å². The number of rotatable bonds is 2. The Labute approximate surface area is 118 Å². The molecule has 98 valence electrons. The number of hydrogen-bond donors (Lipinski definition) is 0. The second kappa shape index (κ2) is 4.37. The summed E-state index contributed by atoms with van der Waals surface area (Å²) in [5, 5.41) is -0.0917. The number of thiophene rings is 1. The van der Waals surface area contributed by atoms with Gasteiger partial charge in [-0.05, 0) is 44.6 Å². The molecule has 1 aromatic rings. The molecular weight excluding hydrogens is 251 g/mol. The zero-order chi connectivity index (χ0) is 17.8. The molecule has 18 heavy (non-hydrogen) atoms. The largest absolute Gasteiger partial charge is 0.495 e. The van der Waals surface area contributed by atoms with Gasteiger partial charge in [-0.15, -0.1) is 11.3 Å². The van der Waals surface area contributed by atoms with Crippen molar-refractivity contribution in [1.82, 2.24) is 0 Å². The molecule has 2 heterocycles. The molecule has 1 fully saturated rings. The molecule has 1 saturated heterocycles. The number of esters is 1. The molecule has 0 spiro atoms. The fourth-order valence-electron chi connectivity index (χ4n) is 1.49. The lowest BCUT2D eigenvalue weighted by Gasteiger charge is -2.32. The second-order valence-corrected chi connectivity index (χ2v) is 5.87. The van der Waals surface area contributed by atoms with E-state index in [9.17, 15) is 4.79 Å². The summed E-state index contributed by atoms with van der Waals surface area (Å²) in [5.41, 5.74) is -1.21. The van der Waals surface area contributed by atoms with E-state index < -0.39 is 31.3 Å². The van der Waals surface area contributed by atoms with Crippen molar-refractivity contribution in [2.75, 3.05) is 7.04 Å². The number of ether oxygens (including phenoxy) is 1. The summed E-state index contributed by atoms with van der Waals surface area (Å²) < 4.78 is 52.8. The van der Waals surface area contributed by atoms with Crippen LogP contribution in [-0.4, -0.2) is 31.3 Å². The highest BCUT2D eigenvalue weighted by atomic mass is 32.1. The normalized spacial score (nSPS) is 25.8. The molecule has 0 aliphatic carbocycles. The summed E-state index contributed by atoms with van der Waals surface area (Å²) in [5.74, 6) is -1.16. The molecule has 0 N–H and O–H groups in total. The molecule has 1 aliphatic rings. The third-order valence-corrected chi connectivity index (χ3v) is 4.07. The van der Waals surface area contributed by atoms with Crippen LogP contribution in [0.3, 0.4) is 0 Å². The van der Waals surface area contributed by atoms with Gasteiger partial charge in [0, 0.05) is 0 Å². The van der Waals surface area contributed by atoms with Gasteiger partial charge in [-0.3, -0.25) is 0 Å². The quantitative estimate of drug-likeness (QED) is 0.609. The molecule has 0 saturated carbocycles. The lowest BCUT2D eigenvalue weighted by atomic mass is 9.81. The Balaban J connectivity index is 2.35. The molecular formula is C12H17BO4S. The van der Waals surface area contributed by atoms with Crippen LogP contribution in [0.25, 0.3) is 0 Å². The molecule has 1 aliphatic heterocycles. The van der Waals surface area contributed by atoms with Gasteiger partial charge in [0.2, 0.25) is 0 Å². The third-order valence-electron chi connectivity index (χ3n) is 3.28. The van der Waals surface area contributed by atoms with Gasteiger partial charge < -0.3 is 14.0 Å². The molecule has 0 unspecified atom stereocenters. The van der Waals surface area contributed by atoms with E-state index in [1.807, 2.05) is 27.7 Å². The van der Waals surface area contributed by atoms with Crippen LogP contribution >= 0.6 is 11.3 Å². The van der Waals surface area contributed by atoms with Crippen LogP contribution in [0.15, 0.2) is 11.4 Å². The average molecular weight is 273 g/mol. The van der Waals surface area contributed by atoms with Crippen LogP contribution in [0.1, 0.15) is 44.2 Å². The molecule has 2 rings (SSSR count). The van der Waals surface area contributed by atoms with Crippen molar-refractivity contribution in [2.45, 2.75) is 38.9 Å². The number of carbonyl (C=O) groups excluding carboxylic acids is 1. The monoisotopic (exact) mass is 273 g/mol. The first-order chi connectivity index (χ1) is 10.3. The van der Waals surface area contributed by atoms with Gasteiger partial charge in [0.25, 0.3) is 0 Å². The van der Waals surface area contributed by atoms with Crippen molar-refractivity contribution in [3.05, 3.63) is 16.3 Å². The molecule has 0 atom stereocenters. The van der Waals surface area contributed by atoms with Gasteiger partial charge in [-0.1, -0.05) is 0 Å². The van der Waals surface area contributed by atoms with Crippen LogP contribution in [-0.2, 0) is 14.0 Å². The summed E-state index contributed by atoms with van der Waals surface area (Å²) in [6.45, 7) is 7.32. The number of methoxy groups -OCH3 is 1. The summed E-state index contributed by atoms with van der Waals surface area (Å²) in [6.07, 6.45) is 0. The molecule has 0 radical (unpaired) electrons. The maximum Gasteiger partial charge on any atom is 0.495 e. The molecule has 4 nitrogen and oxygen atoms in total. The Morgan fingerprint density at radius 1 is 1.44 bits per heavy atom. The van der Waals surface area contributed by atoms with Crippen molar-refractivity contribution in [2.24, 2.45) is 0 Å². The van der Waals surface area contributed by atoms with E-state index in [1.165, 1.54) is 0 Å². The maximum absolute atomic E-state index is 11.9. The standard InChI is InChI=1S/C12H17BO4S/c1-11(2)12(3,4)17-13(16-11)8-6-9(18-7-8)10(14)15-5/h6-7H,1-5H3/i5D3,6D,7D. The highest BCUT2D eigenvalue weighted by molar-refractivity contribution is 7.13. The third kappa shape index (κ3) is 2.20. The van der Waals surface area contributed by atoms with E-state index >= 15 is 0 Å². The first-order valence-corrected chi connectivity index (χ1v) is 6.26. The van der Waals surface area contributed by atoms with E-state index in [4.69, 9.17) is 16.2 Å². The van der Waals surface area contributed by atoms with Crippen molar-refractivity contribution in [1.29, 1.82) is 0 Å². The highest BCUT2D eigenvalue weighted by Gasteiger charge is 2.51. The fourth-order valence-corrected chi connectivity index (χ4v) is 2.13. The number of carbonyl (C=O) groups is 1. The molecule has 0 bridgehead atoms. The van der Waals surface area contributed by atoms with E-state index in [2.05, 4.69) is 4.74 Å². The van der Waals surface area contributed by atoms with Crippen molar-refractivity contribution in [3.63, 3.8) is 0 Å². The summed E-state index contributed by atoms with van der Waals surface area (Å²) in [7, 11) is -3.87. The van der Waals surface area contributed by atoms with Gasteiger partial charge in [0.15, 0.2) is 0 Å². The van der Waals surface area contributed by atoms with Gasteiger partial charge in [-0.2, -0.15) is 0 Å². The minimum absolute atomic E-state index is 0.0917. The highest BCUT2D eigenvalue weighted by Crippen LogP contribution is 2.36. The first-order valence-electron chi connectivity index (χ1n) is 7.94. The molecule has 1 aromatic heterocycles. The molecule has 0 aromatic carbocycles. The van der Waals surface area contributed by atoms with Crippen molar-refractivity contribution in [3.8, 4) is 0 Å². The van der Waals surface area contributed by atoms with E-state index in [0.29, 0.717) is 11.3 Å². The predicted octanol–water partition coefficient (Wildman–Crippen LogP) is 1.83. The minimum atomic E-state index is -2.90. The van der Waals surface area contributed by atoms with Crippen molar-refractivity contribution < 1.29 is 25.7 Å². The number of hydrogen-bond acceptors (Lipinski definition) is 5. The lowest BCUT2D eigenvalue weighted by molar-refractivity contribution is 0.00578. The Bertz CT molecular complexity index is 624. The first kappa shape index (κ1) is 8.35. The zero-order valence-electron chi connectivity index (χ0n) is 15.6. The minimum Gasteiger partial charge on any atom is -0.465 e.